The number of thiophene rings is 1. The molecule has 2 heterocycles. The first kappa shape index (κ1) is 21.1. The first-order valence-corrected chi connectivity index (χ1v) is 10.0. The third-order valence-corrected chi connectivity index (χ3v) is 5.84. The molecular formula is C21H19N3O5S. The number of nitro benzene ring substituents is 1. The Morgan fingerprint density at radius 2 is 2.13 bits per heavy atom. The highest BCUT2D eigenvalue weighted by atomic mass is 32.1. The number of non-ortho nitro benzene ring substituents is 1. The summed E-state index contributed by atoms with van der Waals surface area (Å²) in [5, 5.41) is 21.0. The number of allylic oxidation sites excluding steroid dienone is 1. The molecule has 2 aromatic rings. The van der Waals surface area contributed by atoms with Gasteiger partial charge in [0, 0.05) is 27.5 Å². The quantitative estimate of drug-likeness (QED) is 0.421. The van der Waals surface area contributed by atoms with Crippen LogP contribution in [-0.2, 0) is 20.7 Å². The van der Waals surface area contributed by atoms with E-state index in [-0.39, 0.29) is 35.1 Å². The zero-order valence-electron chi connectivity index (χ0n) is 16.4. The van der Waals surface area contributed by atoms with E-state index in [2.05, 4.69) is 0 Å². The maximum Gasteiger partial charge on any atom is 0.338 e. The summed E-state index contributed by atoms with van der Waals surface area (Å²) in [7, 11) is 0. The van der Waals surface area contributed by atoms with Gasteiger partial charge in [-0.3, -0.25) is 10.1 Å². The van der Waals surface area contributed by atoms with Crippen LogP contribution in [0.4, 0.5) is 5.69 Å². The zero-order valence-corrected chi connectivity index (χ0v) is 17.2. The van der Waals surface area contributed by atoms with Crippen LogP contribution in [0.25, 0.3) is 5.76 Å². The fourth-order valence-electron chi connectivity index (χ4n) is 3.18. The van der Waals surface area contributed by atoms with Gasteiger partial charge < -0.3 is 15.2 Å². The van der Waals surface area contributed by atoms with Crippen LogP contribution in [0, 0.1) is 21.4 Å². The summed E-state index contributed by atoms with van der Waals surface area (Å²) in [6.07, 6.45) is 0.797. The molecule has 0 bridgehead atoms. The third kappa shape index (κ3) is 3.90. The molecule has 0 radical (unpaired) electrons. The van der Waals surface area contributed by atoms with Crippen LogP contribution < -0.4 is 5.73 Å². The molecule has 0 fully saturated rings. The molecule has 1 aliphatic heterocycles. The van der Waals surface area contributed by atoms with E-state index in [4.69, 9.17) is 15.2 Å². The number of rotatable bonds is 6. The second kappa shape index (κ2) is 8.80. The van der Waals surface area contributed by atoms with Gasteiger partial charge in [-0.1, -0.05) is 19.1 Å². The highest BCUT2D eigenvalue weighted by molar-refractivity contribution is 7.12. The Balaban J connectivity index is 2.28. The highest BCUT2D eigenvalue weighted by Crippen LogP contribution is 2.45. The Bertz CT molecular complexity index is 1110. The largest absolute Gasteiger partial charge is 0.463 e. The van der Waals surface area contributed by atoms with E-state index in [1.165, 1.54) is 29.5 Å². The van der Waals surface area contributed by atoms with Crippen LogP contribution in [0.1, 0.15) is 35.1 Å². The average molecular weight is 425 g/mol. The highest BCUT2D eigenvalue weighted by Gasteiger charge is 2.39. The third-order valence-electron chi connectivity index (χ3n) is 4.55. The standard InChI is InChI=1S/C21H19N3O5S/c1-3-14-8-9-16(30-14)17-15(11-22)20(23)29-19(18(17)21(25)28-4-2)12-6-5-7-13(10-12)24(26)27/h5-10,17H,3-4,23H2,1-2H3. The molecule has 154 valence electrons. The number of hydrogen-bond acceptors (Lipinski definition) is 8. The molecule has 0 saturated carbocycles. The van der Waals surface area contributed by atoms with Gasteiger partial charge in [0.1, 0.15) is 17.4 Å². The lowest BCUT2D eigenvalue weighted by atomic mass is 9.86. The van der Waals surface area contributed by atoms with Gasteiger partial charge in [0.2, 0.25) is 5.88 Å². The summed E-state index contributed by atoms with van der Waals surface area (Å²) in [6, 6.07) is 11.5. The molecule has 1 aliphatic rings. The maximum absolute atomic E-state index is 13.0. The Labute approximate surface area is 177 Å². The average Bonchev–Trinajstić information content (AvgIpc) is 3.22. The van der Waals surface area contributed by atoms with E-state index in [0.717, 1.165) is 16.2 Å². The Kier molecular flexibility index (Phi) is 6.18. The Morgan fingerprint density at radius 1 is 1.37 bits per heavy atom. The van der Waals surface area contributed by atoms with Crippen molar-refractivity contribution in [1.29, 1.82) is 5.26 Å². The van der Waals surface area contributed by atoms with Gasteiger partial charge in [-0.05, 0) is 25.5 Å². The first-order valence-electron chi connectivity index (χ1n) is 9.23. The number of esters is 1. The van der Waals surface area contributed by atoms with Crippen molar-refractivity contribution in [3.63, 3.8) is 0 Å². The maximum atomic E-state index is 13.0. The number of carbonyl (C=O) groups excluding carboxylic acids is 1. The number of nitrogens with zero attached hydrogens (tertiary/aromatic N) is 2. The molecule has 2 N–H and O–H groups in total. The molecule has 1 aromatic carbocycles. The Hall–Kier alpha value is -3.64. The van der Waals surface area contributed by atoms with Gasteiger partial charge in [-0.15, -0.1) is 11.3 Å². The van der Waals surface area contributed by atoms with Crippen LogP contribution in [0.2, 0.25) is 0 Å². The van der Waals surface area contributed by atoms with Crippen molar-refractivity contribution in [3.8, 4) is 6.07 Å². The number of nitriles is 1. The van der Waals surface area contributed by atoms with Crippen LogP contribution in [0.3, 0.4) is 0 Å². The van der Waals surface area contributed by atoms with Gasteiger partial charge in [-0.2, -0.15) is 5.26 Å². The summed E-state index contributed by atoms with van der Waals surface area (Å²) in [5.41, 5.74) is 6.35. The molecule has 30 heavy (non-hydrogen) atoms. The molecule has 8 nitrogen and oxygen atoms in total. The zero-order chi connectivity index (χ0) is 21.8. The summed E-state index contributed by atoms with van der Waals surface area (Å²) in [4.78, 5) is 25.5. The number of benzene rings is 1. The lowest BCUT2D eigenvalue weighted by Crippen LogP contribution is -2.25. The van der Waals surface area contributed by atoms with Crippen molar-refractivity contribution in [2.45, 2.75) is 26.2 Å². The van der Waals surface area contributed by atoms with Crippen molar-refractivity contribution in [2.24, 2.45) is 5.73 Å². The van der Waals surface area contributed by atoms with Crippen LogP contribution in [-0.4, -0.2) is 17.5 Å². The fraction of sp³-hybridized carbons (Fsp3) is 0.238. The minimum Gasteiger partial charge on any atom is -0.463 e. The molecule has 0 spiro atoms. The Morgan fingerprint density at radius 3 is 2.73 bits per heavy atom. The van der Waals surface area contributed by atoms with Crippen molar-refractivity contribution in [3.05, 3.63) is 78.9 Å². The molecule has 3 rings (SSSR count). The second-order valence-corrected chi connectivity index (χ2v) is 7.55. The van der Waals surface area contributed by atoms with Gasteiger partial charge in [0.25, 0.3) is 5.69 Å². The number of aryl methyl sites for hydroxylation is 1. The van der Waals surface area contributed by atoms with Gasteiger partial charge in [-0.25, -0.2) is 4.79 Å². The summed E-state index contributed by atoms with van der Waals surface area (Å²) >= 11 is 1.46. The smallest absolute Gasteiger partial charge is 0.338 e. The van der Waals surface area contributed by atoms with E-state index in [1.54, 1.807) is 13.0 Å². The lowest BCUT2D eigenvalue weighted by Gasteiger charge is -2.27. The van der Waals surface area contributed by atoms with Crippen LogP contribution >= 0.6 is 11.3 Å². The minimum atomic E-state index is -0.789. The number of ether oxygens (including phenoxy) is 2. The molecule has 0 aliphatic carbocycles. The van der Waals surface area contributed by atoms with E-state index in [0.29, 0.717) is 5.56 Å². The van der Waals surface area contributed by atoms with E-state index < -0.39 is 16.8 Å². The minimum absolute atomic E-state index is 0.0464. The van der Waals surface area contributed by atoms with Gasteiger partial charge >= 0.3 is 5.97 Å². The number of nitro groups is 1. The molecule has 1 unspecified atom stereocenters. The topological polar surface area (TPSA) is 128 Å². The van der Waals surface area contributed by atoms with Crippen LogP contribution in [0.5, 0.6) is 0 Å². The predicted molar refractivity (Wildman–Crippen MR) is 111 cm³/mol. The predicted octanol–water partition coefficient (Wildman–Crippen LogP) is 4.00. The number of carbonyl (C=O) groups is 1. The summed E-state index contributed by atoms with van der Waals surface area (Å²) < 4.78 is 10.9. The molecule has 9 heteroatoms. The van der Waals surface area contributed by atoms with Crippen molar-refractivity contribution in [1.82, 2.24) is 0 Å². The molecule has 1 aromatic heterocycles. The monoisotopic (exact) mass is 425 g/mol. The van der Waals surface area contributed by atoms with Crippen molar-refractivity contribution in [2.75, 3.05) is 6.61 Å². The van der Waals surface area contributed by atoms with Crippen molar-refractivity contribution >= 4 is 28.8 Å². The molecule has 0 saturated heterocycles. The summed E-state index contributed by atoms with van der Waals surface area (Å²) in [5.74, 6) is -1.56. The van der Waals surface area contributed by atoms with E-state index >= 15 is 0 Å². The SMILES string of the molecule is CCOC(=O)C1=C(c2cccc([N+](=O)[O-])c2)OC(N)=C(C#N)C1c1ccc(CC)s1. The second-order valence-electron chi connectivity index (χ2n) is 6.35. The van der Waals surface area contributed by atoms with Gasteiger partial charge in [0.05, 0.1) is 23.0 Å². The fourth-order valence-corrected chi connectivity index (χ4v) is 4.25. The van der Waals surface area contributed by atoms with E-state index in [9.17, 15) is 20.2 Å². The molecule has 0 amide bonds. The summed E-state index contributed by atoms with van der Waals surface area (Å²) in [6.45, 7) is 3.79. The number of nitrogens with two attached hydrogens (primary N) is 1. The lowest BCUT2D eigenvalue weighted by molar-refractivity contribution is -0.384. The first-order chi connectivity index (χ1) is 14.4. The van der Waals surface area contributed by atoms with Crippen LogP contribution in [0.15, 0.2) is 53.4 Å². The van der Waals surface area contributed by atoms with Gasteiger partial charge in [0.15, 0.2) is 0 Å². The number of hydrogen-bond donors (Lipinski definition) is 1. The normalized spacial score (nSPS) is 16.1. The van der Waals surface area contributed by atoms with E-state index in [1.807, 2.05) is 25.1 Å². The molecule has 1 atom stereocenters. The molecular weight excluding hydrogens is 406 g/mol. The van der Waals surface area contributed by atoms with Crippen molar-refractivity contribution < 1.29 is 19.2 Å².